The second kappa shape index (κ2) is 10.6. The fourth-order valence-corrected chi connectivity index (χ4v) is 5.35. The second-order valence-corrected chi connectivity index (χ2v) is 9.99. The lowest BCUT2D eigenvalue weighted by Gasteiger charge is -2.17. The van der Waals surface area contributed by atoms with Crippen LogP contribution >= 0.6 is 0 Å². The van der Waals surface area contributed by atoms with E-state index in [1.165, 1.54) is 30.7 Å². The molecule has 198 valence electrons. The van der Waals surface area contributed by atoms with Crippen LogP contribution < -0.4 is 15.5 Å². The van der Waals surface area contributed by atoms with E-state index in [4.69, 9.17) is 0 Å². The third-order valence-electron chi connectivity index (χ3n) is 7.45. The molecule has 1 aliphatic rings. The van der Waals surface area contributed by atoms with E-state index < -0.39 is 0 Å². The number of carbonyl (C=O) groups excluding carboxylic acids is 2. The number of aromatic nitrogens is 2. The highest BCUT2D eigenvalue weighted by molar-refractivity contribution is 6.03. The zero-order valence-corrected chi connectivity index (χ0v) is 21.5. The van der Waals surface area contributed by atoms with E-state index in [9.17, 15) is 14.0 Å². The second-order valence-electron chi connectivity index (χ2n) is 9.99. The first-order valence-corrected chi connectivity index (χ1v) is 13.3. The molecule has 0 saturated carbocycles. The number of H-pyrrole nitrogens is 2. The number of anilines is 1. The molecule has 3 heterocycles. The van der Waals surface area contributed by atoms with Crippen molar-refractivity contribution in [3.05, 3.63) is 90.0 Å². The maximum atomic E-state index is 13.6. The molecule has 5 aromatic rings. The van der Waals surface area contributed by atoms with Gasteiger partial charge in [-0.05, 0) is 78.9 Å². The van der Waals surface area contributed by atoms with Gasteiger partial charge in [-0.1, -0.05) is 12.1 Å². The van der Waals surface area contributed by atoms with E-state index in [2.05, 4.69) is 49.8 Å². The fourth-order valence-electron chi connectivity index (χ4n) is 5.35. The molecule has 3 aromatic carbocycles. The smallest absolute Gasteiger partial charge is 0.251 e. The van der Waals surface area contributed by atoms with Crippen LogP contribution in [-0.4, -0.2) is 48.0 Å². The number of carbonyl (C=O) groups is 2. The van der Waals surface area contributed by atoms with Gasteiger partial charge in [0.05, 0.1) is 6.54 Å². The van der Waals surface area contributed by atoms with E-state index in [-0.39, 0.29) is 24.2 Å². The van der Waals surface area contributed by atoms with Crippen LogP contribution in [0.5, 0.6) is 0 Å². The van der Waals surface area contributed by atoms with Crippen LogP contribution in [0.15, 0.2) is 73.1 Å². The lowest BCUT2D eigenvalue weighted by molar-refractivity contribution is -0.120. The number of nitrogens with one attached hydrogen (secondary N) is 4. The normalized spacial score (nSPS) is 13.3. The van der Waals surface area contributed by atoms with Gasteiger partial charge in [-0.3, -0.25) is 9.59 Å². The summed E-state index contributed by atoms with van der Waals surface area (Å²) < 4.78 is 13.6. The number of hydrogen-bond donors (Lipinski definition) is 4. The van der Waals surface area contributed by atoms with E-state index >= 15 is 0 Å². The standard InChI is InChI=1S/C31H30FN5O2/c32-23-6-10-28-25(16-23)22(17-34-28)11-12-33-30(38)19-36-31(39)21-5-9-29-26(15-21)27(18-35-29)20-3-7-24(8-4-20)37-13-1-2-14-37/h3-10,15-18,34-35H,1-2,11-14,19H2,(H,33,38)(H,36,39). The summed E-state index contributed by atoms with van der Waals surface area (Å²) in [6.07, 6.45) is 6.82. The highest BCUT2D eigenvalue weighted by Gasteiger charge is 2.15. The van der Waals surface area contributed by atoms with E-state index in [1.54, 1.807) is 12.1 Å². The Morgan fingerprint density at radius 2 is 1.59 bits per heavy atom. The van der Waals surface area contributed by atoms with Gasteiger partial charge in [0, 0.05) is 70.6 Å². The van der Waals surface area contributed by atoms with Crippen molar-refractivity contribution in [3.8, 4) is 11.1 Å². The summed E-state index contributed by atoms with van der Waals surface area (Å²) in [5, 5.41) is 7.29. The molecule has 0 unspecified atom stereocenters. The van der Waals surface area contributed by atoms with Crippen molar-refractivity contribution >= 4 is 39.3 Å². The number of fused-ring (bicyclic) bond motifs is 2. The first kappa shape index (κ1) is 24.7. The number of benzene rings is 3. The van der Waals surface area contributed by atoms with Gasteiger partial charge in [0.25, 0.3) is 5.91 Å². The maximum absolute atomic E-state index is 13.6. The van der Waals surface area contributed by atoms with Gasteiger partial charge in [-0.15, -0.1) is 0 Å². The first-order chi connectivity index (χ1) is 19.0. The molecule has 2 aromatic heterocycles. The molecule has 1 aliphatic heterocycles. The molecule has 0 spiro atoms. The predicted octanol–water partition coefficient (Wildman–Crippen LogP) is 5.14. The van der Waals surface area contributed by atoms with E-state index in [0.29, 0.717) is 18.5 Å². The summed E-state index contributed by atoms with van der Waals surface area (Å²) >= 11 is 0. The van der Waals surface area contributed by atoms with Gasteiger partial charge in [0.1, 0.15) is 5.82 Å². The first-order valence-electron chi connectivity index (χ1n) is 13.3. The summed E-state index contributed by atoms with van der Waals surface area (Å²) in [5.41, 5.74) is 6.57. The van der Waals surface area contributed by atoms with Crippen LogP contribution in [0.1, 0.15) is 28.8 Å². The summed E-state index contributed by atoms with van der Waals surface area (Å²) in [7, 11) is 0. The van der Waals surface area contributed by atoms with Gasteiger partial charge in [-0.2, -0.15) is 0 Å². The minimum Gasteiger partial charge on any atom is -0.372 e. The molecule has 8 heteroatoms. The Bertz CT molecular complexity index is 1650. The van der Waals surface area contributed by atoms with Crippen molar-refractivity contribution in [2.75, 3.05) is 31.1 Å². The van der Waals surface area contributed by atoms with Crippen molar-refractivity contribution in [1.82, 2.24) is 20.6 Å². The molecule has 0 bridgehead atoms. The zero-order chi connectivity index (χ0) is 26.8. The molecule has 4 N–H and O–H groups in total. The van der Waals surface area contributed by atoms with Crippen LogP contribution in [0.25, 0.3) is 32.9 Å². The molecule has 39 heavy (non-hydrogen) atoms. The molecule has 0 atom stereocenters. The highest BCUT2D eigenvalue weighted by Crippen LogP contribution is 2.31. The minimum atomic E-state index is -0.310. The van der Waals surface area contributed by atoms with Crippen LogP contribution in [0.2, 0.25) is 0 Å². The largest absolute Gasteiger partial charge is 0.372 e. The Morgan fingerprint density at radius 3 is 2.41 bits per heavy atom. The van der Waals surface area contributed by atoms with E-state index in [1.807, 2.05) is 24.5 Å². The van der Waals surface area contributed by atoms with Gasteiger partial charge in [-0.25, -0.2) is 4.39 Å². The third kappa shape index (κ3) is 5.23. The van der Waals surface area contributed by atoms with Crippen LogP contribution in [0, 0.1) is 5.82 Å². The molecule has 0 aliphatic carbocycles. The minimum absolute atomic E-state index is 0.128. The lowest BCUT2D eigenvalue weighted by Crippen LogP contribution is -2.37. The quantitative estimate of drug-likeness (QED) is 0.227. The van der Waals surface area contributed by atoms with E-state index in [0.717, 1.165) is 51.6 Å². The Balaban J connectivity index is 1.06. The zero-order valence-electron chi connectivity index (χ0n) is 21.5. The van der Waals surface area contributed by atoms with Crippen molar-refractivity contribution in [2.24, 2.45) is 0 Å². The summed E-state index contributed by atoms with van der Waals surface area (Å²) in [6.45, 7) is 2.47. The van der Waals surface area contributed by atoms with Gasteiger partial charge >= 0.3 is 0 Å². The van der Waals surface area contributed by atoms with Crippen molar-refractivity contribution in [3.63, 3.8) is 0 Å². The number of rotatable bonds is 8. The molecule has 7 nitrogen and oxygen atoms in total. The average molecular weight is 524 g/mol. The third-order valence-corrected chi connectivity index (χ3v) is 7.45. The summed E-state index contributed by atoms with van der Waals surface area (Å²) in [6, 6.07) is 18.7. The number of amides is 2. The number of halogens is 1. The Labute approximate surface area is 225 Å². The van der Waals surface area contributed by atoms with Gasteiger partial charge in [0.15, 0.2) is 0 Å². The summed E-state index contributed by atoms with van der Waals surface area (Å²) in [4.78, 5) is 34.0. The van der Waals surface area contributed by atoms with Gasteiger partial charge in [0.2, 0.25) is 5.91 Å². The molecular formula is C31H30FN5O2. The monoisotopic (exact) mass is 523 g/mol. The molecular weight excluding hydrogens is 493 g/mol. The average Bonchev–Trinajstić information content (AvgIpc) is 3.72. The Kier molecular flexibility index (Phi) is 6.75. The van der Waals surface area contributed by atoms with Crippen molar-refractivity contribution in [1.29, 1.82) is 0 Å². The molecule has 1 saturated heterocycles. The topological polar surface area (TPSA) is 93.0 Å². The van der Waals surface area contributed by atoms with Crippen LogP contribution in [0.4, 0.5) is 10.1 Å². The fraction of sp³-hybridized carbons (Fsp3) is 0.226. The van der Waals surface area contributed by atoms with Gasteiger partial charge < -0.3 is 25.5 Å². The van der Waals surface area contributed by atoms with Crippen molar-refractivity contribution < 1.29 is 14.0 Å². The number of aromatic amines is 2. The SMILES string of the molecule is O=C(CNC(=O)c1ccc2[nH]cc(-c3ccc(N4CCCC4)cc3)c2c1)NCCc1c[nH]c2ccc(F)cc12. The lowest BCUT2D eigenvalue weighted by atomic mass is 10.0. The summed E-state index contributed by atoms with van der Waals surface area (Å²) in [5.74, 6) is -0.887. The highest BCUT2D eigenvalue weighted by atomic mass is 19.1. The van der Waals surface area contributed by atoms with Crippen molar-refractivity contribution in [2.45, 2.75) is 19.3 Å². The molecule has 0 radical (unpaired) electrons. The predicted molar refractivity (Wildman–Crippen MR) is 152 cm³/mol. The van der Waals surface area contributed by atoms with Crippen LogP contribution in [-0.2, 0) is 11.2 Å². The Hall–Kier alpha value is -4.59. The molecule has 2 amide bonds. The number of hydrogen-bond acceptors (Lipinski definition) is 3. The number of nitrogens with zero attached hydrogens (tertiary/aromatic N) is 1. The maximum Gasteiger partial charge on any atom is 0.251 e. The Morgan fingerprint density at radius 1 is 0.846 bits per heavy atom. The molecule has 6 rings (SSSR count). The molecule has 1 fully saturated rings. The van der Waals surface area contributed by atoms with Crippen LogP contribution in [0.3, 0.4) is 0 Å².